The van der Waals surface area contributed by atoms with Crippen LogP contribution < -0.4 is 14.4 Å². The number of nitrogens with one attached hydrogen (secondary N) is 1. The number of benzene rings is 3. The van der Waals surface area contributed by atoms with Crippen LogP contribution in [0, 0.1) is 6.92 Å². The third-order valence-electron chi connectivity index (χ3n) is 4.56. The Kier molecular flexibility index (Phi) is 6.84. The lowest BCUT2D eigenvalue weighted by Crippen LogP contribution is -2.41. The van der Waals surface area contributed by atoms with Gasteiger partial charge in [-0.25, -0.2) is 8.42 Å². The molecule has 0 saturated heterocycles. The zero-order valence-electron chi connectivity index (χ0n) is 16.8. The molecule has 0 unspecified atom stereocenters. The van der Waals surface area contributed by atoms with E-state index in [1.807, 2.05) is 42.5 Å². The van der Waals surface area contributed by atoms with E-state index in [-0.39, 0.29) is 19.7 Å². The Morgan fingerprint density at radius 2 is 1.83 bits per heavy atom. The molecule has 0 aliphatic rings. The first-order valence-electron chi connectivity index (χ1n) is 9.37. The van der Waals surface area contributed by atoms with Gasteiger partial charge in [-0.1, -0.05) is 54.1 Å². The number of aryl methyl sites for hydroxylation is 1. The molecule has 0 heterocycles. The van der Waals surface area contributed by atoms with Crippen molar-refractivity contribution in [1.29, 1.82) is 0 Å². The molecule has 0 spiro atoms. The number of sulfonamides is 1. The first-order chi connectivity index (χ1) is 14.3. The molecule has 158 valence electrons. The molecule has 0 aliphatic heterocycles. The summed E-state index contributed by atoms with van der Waals surface area (Å²) in [6, 6.07) is 18.6. The highest BCUT2D eigenvalue weighted by Gasteiger charge is 2.22. The first-order valence-corrected chi connectivity index (χ1v) is 11.6. The number of carbonyl (C=O) groups excluding carboxylic acids is 1. The fourth-order valence-electron chi connectivity index (χ4n) is 3.09. The number of ether oxygens (including phenoxy) is 1. The minimum absolute atomic E-state index is 0.244. The molecule has 3 rings (SSSR count). The average Bonchev–Trinajstić information content (AvgIpc) is 2.70. The number of halogens is 1. The number of fused-ring (bicyclic) bond motifs is 1. The molecule has 0 aromatic heterocycles. The predicted octanol–water partition coefficient (Wildman–Crippen LogP) is 3.76. The standard InChI is InChI=1S/C22H23ClN2O4S/c1-16-10-11-18(23)14-20(16)25(30(2,27)28)15-22(26)24-12-13-29-21-9-5-7-17-6-3-4-8-19(17)21/h3-11,14H,12-13,15H2,1-2H3,(H,24,26). The average molecular weight is 447 g/mol. The molecule has 0 saturated carbocycles. The van der Waals surface area contributed by atoms with Crippen LogP contribution in [0.25, 0.3) is 10.8 Å². The highest BCUT2D eigenvalue weighted by atomic mass is 35.5. The van der Waals surface area contributed by atoms with E-state index in [0.29, 0.717) is 16.3 Å². The van der Waals surface area contributed by atoms with E-state index in [4.69, 9.17) is 16.3 Å². The SMILES string of the molecule is Cc1ccc(Cl)cc1N(CC(=O)NCCOc1cccc2ccccc12)S(C)(=O)=O. The maximum atomic E-state index is 12.4. The van der Waals surface area contributed by atoms with Crippen LogP contribution >= 0.6 is 11.6 Å². The van der Waals surface area contributed by atoms with E-state index in [1.54, 1.807) is 19.1 Å². The second kappa shape index (κ2) is 9.36. The number of hydrogen-bond acceptors (Lipinski definition) is 4. The number of hydrogen-bond donors (Lipinski definition) is 1. The van der Waals surface area contributed by atoms with Crippen molar-refractivity contribution in [2.24, 2.45) is 0 Å². The first kappa shape index (κ1) is 21.9. The van der Waals surface area contributed by atoms with Crippen molar-refractivity contribution in [2.75, 3.05) is 30.3 Å². The van der Waals surface area contributed by atoms with Gasteiger partial charge in [-0.2, -0.15) is 0 Å². The van der Waals surface area contributed by atoms with Crippen molar-refractivity contribution >= 4 is 44.0 Å². The van der Waals surface area contributed by atoms with E-state index >= 15 is 0 Å². The summed E-state index contributed by atoms with van der Waals surface area (Å²) in [6.45, 7) is 1.93. The molecular weight excluding hydrogens is 424 g/mol. The van der Waals surface area contributed by atoms with Gasteiger partial charge >= 0.3 is 0 Å². The summed E-state index contributed by atoms with van der Waals surface area (Å²) >= 11 is 6.01. The molecule has 30 heavy (non-hydrogen) atoms. The van der Waals surface area contributed by atoms with Gasteiger partial charge in [0.1, 0.15) is 18.9 Å². The molecule has 0 aliphatic carbocycles. The fourth-order valence-corrected chi connectivity index (χ4v) is 4.16. The predicted molar refractivity (Wildman–Crippen MR) is 121 cm³/mol. The number of anilines is 1. The molecule has 3 aromatic carbocycles. The zero-order chi connectivity index (χ0) is 21.7. The van der Waals surface area contributed by atoms with Gasteiger partial charge < -0.3 is 10.1 Å². The van der Waals surface area contributed by atoms with Crippen LogP contribution in [0.5, 0.6) is 5.75 Å². The maximum Gasteiger partial charge on any atom is 0.240 e. The second-order valence-corrected chi connectivity index (χ2v) is 9.22. The van der Waals surface area contributed by atoms with Crippen LogP contribution in [-0.4, -0.2) is 40.3 Å². The Balaban J connectivity index is 1.60. The number of rotatable bonds is 8. The largest absolute Gasteiger partial charge is 0.491 e. The lowest BCUT2D eigenvalue weighted by atomic mass is 10.1. The van der Waals surface area contributed by atoms with Crippen molar-refractivity contribution < 1.29 is 17.9 Å². The van der Waals surface area contributed by atoms with Crippen LogP contribution in [0.4, 0.5) is 5.69 Å². The second-order valence-electron chi connectivity index (χ2n) is 6.88. The van der Waals surface area contributed by atoms with Crippen molar-refractivity contribution in [3.8, 4) is 5.75 Å². The van der Waals surface area contributed by atoms with E-state index in [2.05, 4.69) is 5.32 Å². The summed E-state index contributed by atoms with van der Waals surface area (Å²) in [5.74, 6) is 0.302. The Labute approximate surface area is 181 Å². The van der Waals surface area contributed by atoms with Gasteiger partial charge in [0.2, 0.25) is 15.9 Å². The third kappa shape index (κ3) is 5.43. The summed E-state index contributed by atoms with van der Waals surface area (Å²) in [6.07, 6.45) is 1.06. The lowest BCUT2D eigenvalue weighted by Gasteiger charge is -2.23. The third-order valence-corrected chi connectivity index (χ3v) is 5.92. The van der Waals surface area contributed by atoms with Gasteiger partial charge in [0, 0.05) is 10.4 Å². The van der Waals surface area contributed by atoms with Crippen LogP contribution in [0.1, 0.15) is 5.56 Å². The summed E-state index contributed by atoms with van der Waals surface area (Å²) in [5, 5.41) is 5.16. The molecule has 8 heteroatoms. The monoisotopic (exact) mass is 446 g/mol. The van der Waals surface area contributed by atoms with Gasteiger partial charge in [-0.15, -0.1) is 0 Å². The number of nitrogens with zero attached hydrogens (tertiary/aromatic N) is 1. The van der Waals surface area contributed by atoms with Crippen LogP contribution in [0.3, 0.4) is 0 Å². The van der Waals surface area contributed by atoms with Crippen LogP contribution in [0.15, 0.2) is 60.7 Å². The molecule has 3 aromatic rings. The van der Waals surface area contributed by atoms with Crippen LogP contribution in [0.2, 0.25) is 5.02 Å². The molecule has 0 radical (unpaired) electrons. The maximum absolute atomic E-state index is 12.4. The molecule has 1 amide bonds. The Bertz CT molecular complexity index is 1160. The van der Waals surface area contributed by atoms with Crippen molar-refractivity contribution in [3.05, 3.63) is 71.2 Å². The van der Waals surface area contributed by atoms with Crippen molar-refractivity contribution in [3.63, 3.8) is 0 Å². The van der Waals surface area contributed by atoms with E-state index in [9.17, 15) is 13.2 Å². The quantitative estimate of drug-likeness (QED) is 0.534. The van der Waals surface area contributed by atoms with E-state index in [1.165, 1.54) is 6.07 Å². The summed E-state index contributed by atoms with van der Waals surface area (Å²) in [7, 11) is -3.67. The normalized spacial score (nSPS) is 11.3. The molecular formula is C22H23ClN2O4S. The highest BCUT2D eigenvalue weighted by Crippen LogP contribution is 2.26. The van der Waals surface area contributed by atoms with Crippen LogP contribution in [-0.2, 0) is 14.8 Å². The van der Waals surface area contributed by atoms with Crippen molar-refractivity contribution in [2.45, 2.75) is 6.92 Å². The highest BCUT2D eigenvalue weighted by molar-refractivity contribution is 7.92. The molecule has 1 N–H and O–H groups in total. The van der Waals surface area contributed by atoms with Crippen molar-refractivity contribution in [1.82, 2.24) is 5.32 Å². The molecule has 0 bridgehead atoms. The zero-order valence-corrected chi connectivity index (χ0v) is 18.3. The summed E-state index contributed by atoms with van der Waals surface area (Å²) < 4.78 is 31.3. The number of amides is 1. The molecule has 0 fully saturated rings. The van der Waals surface area contributed by atoms with Gasteiger partial charge in [-0.3, -0.25) is 9.10 Å². The topological polar surface area (TPSA) is 75.7 Å². The van der Waals surface area contributed by atoms with Gasteiger partial charge in [0.05, 0.1) is 18.5 Å². The van der Waals surface area contributed by atoms with Gasteiger partial charge in [0.25, 0.3) is 0 Å². The minimum atomic E-state index is -3.67. The summed E-state index contributed by atoms with van der Waals surface area (Å²) in [5.41, 5.74) is 1.09. The van der Waals surface area contributed by atoms with Gasteiger partial charge in [0.15, 0.2) is 0 Å². The smallest absolute Gasteiger partial charge is 0.240 e. The fraction of sp³-hybridized carbons (Fsp3) is 0.227. The Hall–Kier alpha value is -2.77. The lowest BCUT2D eigenvalue weighted by molar-refractivity contribution is -0.119. The Morgan fingerprint density at radius 3 is 2.60 bits per heavy atom. The molecule has 0 atom stereocenters. The summed E-state index contributed by atoms with van der Waals surface area (Å²) in [4.78, 5) is 12.4. The number of carbonyl (C=O) groups is 1. The Morgan fingerprint density at radius 1 is 1.10 bits per heavy atom. The van der Waals surface area contributed by atoms with E-state index in [0.717, 1.165) is 27.1 Å². The minimum Gasteiger partial charge on any atom is -0.491 e. The van der Waals surface area contributed by atoms with Gasteiger partial charge in [-0.05, 0) is 36.1 Å². The molecule has 6 nitrogen and oxygen atoms in total. The van der Waals surface area contributed by atoms with E-state index < -0.39 is 15.9 Å².